The zero-order valence-electron chi connectivity index (χ0n) is 15.5. The molecule has 0 unspecified atom stereocenters. The standard InChI is InChI=1S/C25H23N/c1-18-16-22(26(2)3)14-12-19(18)13-15-25-23-10-6-4-8-20(23)17-21-9-5-7-11-24(21)25/h4-17H,1-3H3. The van der Waals surface area contributed by atoms with Crippen molar-refractivity contribution in [1.29, 1.82) is 0 Å². The molecule has 0 N–H and O–H groups in total. The van der Waals surface area contributed by atoms with Crippen molar-refractivity contribution in [1.82, 2.24) is 0 Å². The van der Waals surface area contributed by atoms with Crippen LogP contribution in [0.25, 0.3) is 33.7 Å². The van der Waals surface area contributed by atoms with Crippen molar-refractivity contribution < 1.29 is 0 Å². The van der Waals surface area contributed by atoms with Gasteiger partial charge in [0, 0.05) is 19.8 Å². The fourth-order valence-corrected chi connectivity index (χ4v) is 3.53. The van der Waals surface area contributed by atoms with Crippen LogP contribution in [0.2, 0.25) is 0 Å². The summed E-state index contributed by atoms with van der Waals surface area (Å²) >= 11 is 0. The Morgan fingerprint density at radius 1 is 0.692 bits per heavy atom. The number of hydrogen-bond acceptors (Lipinski definition) is 1. The molecule has 0 fully saturated rings. The van der Waals surface area contributed by atoms with Gasteiger partial charge in [0.15, 0.2) is 0 Å². The highest BCUT2D eigenvalue weighted by atomic mass is 15.1. The highest BCUT2D eigenvalue weighted by molar-refractivity contribution is 6.07. The predicted molar refractivity (Wildman–Crippen MR) is 116 cm³/mol. The van der Waals surface area contributed by atoms with Gasteiger partial charge in [-0.1, -0.05) is 66.7 Å². The Hall–Kier alpha value is -3.06. The van der Waals surface area contributed by atoms with Crippen molar-refractivity contribution >= 4 is 39.4 Å². The van der Waals surface area contributed by atoms with E-state index in [-0.39, 0.29) is 0 Å². The summed E-state index contributed by atoms with van der Waals surface area (Å²) in [4.78, 5) is 2.14. The average Bonchev–Trinajstić information content (AvgIpc) is 2.65. The second-order valence-electron chi connectivity index (χ2n) is 7.00. The Morgan fingerprint density at radius 2 is 1.31 bits per heavy atom. The molecule has 0 aliphatic carbocycles. The number of anilines is 1. The van der Waals surface area contributed by atoms with E-state index in [0.29, 0.717) is 0 Å². The van der Waals surface area contributed by atoms with Crippen LogP contribution in [-0.2, 0) is 0 Å². The number of hydrogen-bond donors (Lipinski definition) is 0. The molecule has 0 aromatic heterocycles. The van der Waals surface area contributed by atoms with E-state index in [1.165, 1.54) is 43.9 Å². The lowest BCUT2D eigenvalue weighted by molar-refractivity contribution is 1.13. The van der Waals surface area contributed by atoms with Gasteiger partial charge >= 0.3 is 0 Å². The molecule has 0 bridgehead atoms. The molecule has 0 spiro atoms. The van der Waals surface area contributed by atoms with Crippen LogP contribution >= 0.6 is 0 Å². The quantitative estimate of drug-likeness (QED) is 0.303. The van der Waals surface area contributed by atoms with Gasteiger partial charge in [-0.15, -0.1) is 0 Å². The third-order valence-electron chi connectivity index (χ3n) is 5.01. The first-order valence-corrected chi connectivity index (χ1v) is 9.00. The molecule has 0 aliphatic heterocycles. The van der Waals surface area contributed by atoms with Crippen molar-refractivity contribution in [3.8, 4) is 0 Å². The minimum absolute atomic E-state index is 1.23. The SMILES string of the molecule is Cc1cc(N(C)C)ccc1C=Cc1c2ccccc2cc2ccccc12. The summed E-state index contributed by atoms with van der Waals surface area (Å²) in [6.45, 7) is 2.17. The molecule has 1 nitrogen and oxygen atoms in total. The normalized spacial score (nSPS) is 11.5. The molecule has 0 amide bonds. The Morgan fingerprint density at radius 3 is 1.88 bits per heavy atom. The van der Waals surface area contributed by atoms with Gasteiger partial charge in [0.05, 0.1) is 0 Å². The maximum absolute atomic E-state index is 2.28. The van der Waals surface area contributed by atoms with Crippen molar-refractivity contribution in [2.24, 2.45) is 0 Å². The number of aryl methyl sites for hydroxylation is 1. The van der Waals surface area contributed by atoms with E-state index in [0.717, 1.165) is 0 Å². The van der Waals surface area contributed by atoms with E-state index in [2.05, 4.69) is 111 Å². The van der Waals surface area contributed by atoms with Gasteiger partial charge in [0.25, 0.3) is 0 Å². The lowest BCUT2D eigenvalue weighted by Gasteiger charge is -2.14. The molecule has 26 heavy (non-hydrogen) atoms. The topological polar surface area (TPSA) is 3.24 Å². The van der Waals surface area contributed by atoms with Crippen LogP contribution in [0.5, 0.6) is 0 Å². The maximum Gasteiger partial charge on any atom is 0.0364 e. The van der Waals surface area contributed by atoms with Crippen LogP contribution in [-0.4, -0.2) is 14.1 Å². The van der Waals surface area contributed by atoms with Gasteiger partial charge < -0.3 is 4.90 Å². The monoisotopic (exact) mass is 337 g/mol. The first kappa shape index (κ1) is 16.4. The summed E-state index contributed by atoms with van der Waals surface area (Å²) in [5.74, 6) is 0. The van der Waals surface area contributed by atoms with Crippen LogP contribution < -0.4 is 4.90 Å². The molecule has 4 rings (SSSR count). The summed E-state index contributed by atoms with van der Waals surface area (Å²) in [6.07, 6.45) is 4.51. The molecule has 0 aliphatic rings. The van der Waals surface area contributed by atoms with E-state index in [1.54, 1.807) is 0 Å². The summed E-state index contributed by atoms with van der Waals surface area (Å²) < 4.78 is 0. The first-order valence-electron chi connectivity index (χ1n) is 9.00. The van der Waals surface area contributed by atoms with Gasteiger partial charge in [-0.25, -0.2) is 0 Å². The summed E-state index contributed by atoms with van der Waals surface area (Å²) in [5.41, 5.74) is 5.06. The Kier molecular flexibility index (Phi) is 4.22. The Bertz CT molecular complexity index is 1070. The zero-order valence-corrected chi connectivity index (χ0v) is 15.5. The Balaban J connectivity index is 1.87. The van der Waals surface area contributed by atoms with E-state index in [9.17, 15) is 0 Å². The predicted octanol–water partition coefficient (Wildman–Crippen LogP) is 6.54. The van der Waals surface area contributed by atoms with Gasteiger partial charge in [0.1, 0.15) is 0 Å². The molecular weight excluding hydrogens is 314 g/mol. The smallest absolute Gasteiger partial charge is 0.0364 e. The van der Waals surface area contributed by atoms with Gasteiger partial charge in [0.2, 0.25) is 0 Å². The number of fused-ring (bicyclic) bond motifs is 2. The average molecular weight is 337 g/mol. The molecular formula is C25H23N. The van der Waals surface area contributed by atoms with Crippen molar-refractivity contribution in [3.63, 3.8) is 0 Å². The minimum atomic E-state index is 1.23. The van der Waals surface area contributed by atoms with E-state index in [4.69, 9.17) is 0 Å². The number of nitrogens with zero attached hydrogens (tertiary/aromatic N) is 1. The first-order chi connectivity index (χ1) is 12.6. The lowest BCUT2D eigenvalue weighted by atomic mass is 9.95. The molecule has 4 aromatic rings. The van der Waals surface area contributed by atoms with Crippen molar-refractivity contribution in [2.45, 2.75) is 6.92 Å². The largest absolute Gasteiger partial charge is 0.378 e. The molecule has 0 saturated carbocycles. The van der Waals surface area contributed by atoms with Crippen molar-refractivity contribution in [2.75, 3.05) is 19.0 Å². The molecule has 0 atom stereocenters. The van der Waals surface area contributed by atoms with Gasteiger partial charge in [-0.2, -0.15) is 0 Å². The fraction of sp³-hybridized carbons (Fsp3) is 0.120. The van der Waals surface area contributed by atoms with Gasteiger partial charge in [-0.05, 0) is 63.4 Å². The minimum Gasteiger partial charge on any atom is -0.378 e. The molecule has 1 heteroatoms. The van der Waals surface area contributed by atoms with Crippen LogP contribution in [0, 0.1) is 6.92 Å². The molecule has 128 valence electrons. The molecule has 0 radical (unpaired) electrons. The third kappa shape index (κ3) is 2.97. The molecule has 0 heterocycles. The van der Waals surface area contributed by atoms with Crippen LogP contribution in [0.4, 0.5) is 5.69 Å². The Labute approximate surface area is 155 Å². The highest BCUT2D eigenvalue weighted by Gasteiger charge is 2.05. The van der Waals surface area contributed by atoms with Gasteiger partial charge in [-0.3, -0.25) is 0 Å². The number of benzene rings is 4. The zero-order chi connectivity index (χ0) is 18.1. The van der Waals surface area contributed by atoms with Crippen LogP contribution in [0.1, 0.15) is 16.7 Å². The van der Waals surface area contributed by atoms with Crippen molar-refractivity contribution in [3.05, 3.63) is 89.5 Å². The van der Waals surface area contributed by atoms with E-state index >= 15 is 0 Å². The van der Waals surface area contributed by atoms with Crippen LogP contribution in [0.3, 0.4) is 0 Å². The molecule has 0 saturated heterocycles. The highest BCUT2D eigenvalue weighted by Crippen LogP contribution is 2.30. The second-order valence-corrected chi connectivity index (χ2v) is 7.00. The van der Waals surface area contributed by atoms with E-state index < -0.39 is 0 Å². The third-order valence-corrected chi connectivity index (χ3v) is 5.01. The maximum atomic E-state index is 2.28. The van der Waals surface area contributed by atoms with E-state index in [1.807, 2.05) is 0 Å². The lowest BCUT2D eigenvalue weighted by Crippen LogP contribution is -2.08. The summed E-state index contributed by atoms with van der Waals surface area (Å²) in [6, 6.07) is 26.1. The second kappa shape index (κ2) is 6.68. The van der Waals surface area contributed by atoms with Crippen LogP contribution in [0.15, 0.2) is 72.8 Å². The molecule has 4 aromatic carbocycles. The fourth-order valence-electron chi connectivity index (χ4n) is 3.53. The number of rotatable bonds is 3. The summed E-state index contributed by atoms with van der Waals surface area (Å²) in [7, 11) is 4.15. The summed E-state index contributed by atoms with van der Waals surface area (Å²) in [5, 5.41) is 5.16.